The Morgan fingerprint density at radius 2 is 2.06 bits per heavy atom. The highest BCUT2D eigenvalue weighted by atomic mass is 79.9. The lowest BCUT2D eigenvalue weighted by Gasteiger charge is -2.22. The van der Waals surface area contributed by atoms with E-state index < -0.39 is 0 Å². The van der Waals surface area contributed by atoms with Crippen molar-refractivity contribution in [3.05, 3.63) is 20.8 Å². The van der Waals surface area contributed by atoms with Crippen LogP contribution in [0.2, 0.25) is 0 Å². The van der Waals surface area contributed by atoms with Crippen LogP contribution in [-0.2, 0) is 0 Å². The van der Waals surface area contributed by atoms with E-state index in [-0.39, 0.29) is 0 Å². The number of halogens is 1. The highest BCUT2D eigenvalue weighted by Gasteiger charge is 2.13. The van der Waals surface area contributed by atoms with Crippen molar-refractivity contribution in [2.45, 2.75) is 65.0 Å². The Kier molecular flexibility index (Phi) is 7.40. The molecule has 1 heterocycles. The lowest BCUT2D eigenvalue weighted by molar-refractivity contribution is 0.398. The molecule has 0 amide bonds. The fraction of sp³-hybridized carbons (Fsp3) is 0.714. The molecule has 98 valence electrons. The van der Waals surface area contributed by atoms with E-state index in [9.17, 15) is 0 Å². The Hall–Kier alpha value is 0.140. The Morgan fingerprint density at radius 3 is 2.59 bits per heavy atom. The van der Waals surface area contributed by atoms with Gasteiger partial charge in [0.25, 0.3) is 0 Å². The average Bonchev–Trinajstić information content (AvgIpc) is 2.73. The van der Waals surface area contributed by atoms with E-state index in [0.29, 0.717) is 12.1 Å². The summed E-state index contributed by atoms with van der Waals surface area (Å²) in [7, 11) is 0. The molecule has 0 radical (unpaired) electrons. The van der Waals surface area contributed by atoms with Crippen molar-refractivity contribution in [3.63, 3.8) is 0 Å². The van der Waals surface area contributed by atoms with Crippen LogP contribution in [0, 0.1) is 0 Å². The summed E-state index contributed by atoms with van der Waals surface area (Å²) in [5, 5.41) is 5.93. The molecule has 1 rings (SSSR count). The Balaban J connectivity index is 2.47. The first kappa shape index (κ1) is 15.2. The molecule has 1 nitrogen and oxygen atoms in total. The number of unbranched alkanes of at least 4 members (excludes halogenated alkanes) is 1. The summed E-state index contributed by atoms with van der Waals surface area (Å²) in [5.74, 6) is 0. The summed E-state index contributed by atoms with van der Waals surface area (Å²) in [6.45, 7) is 6.81. The van der Waals surface area contributed by atoms with Crippen LogP contribution in [0.4, 0.5) is 0 Å². The second kappa shape index (κ2) is 8.28. The van der Waals surface area contributed by atoms with Gasteiger partial charge in [0.1, 0.15) is 0 Å². The van der Waals surface area contributed by atoms with Crippen LogP contribution in [0.3, 0.4) is 0 Å². The van der Waals surface area contributed by atoms with Gasteiger partial charge >= 0.3 is 0 Å². The Morgan fingerprint density at radius 1 is 1.29 bits per heavy atom. The quantitative estimate of drug-likeness (QED) is 0.665. The van der Waals surface area contributed by atoms with Gasteiger partial charge in [-0.25, -0.2) is 0 Å². The maximum absolute atomic E-state index is 3.77. The second-order valence-corrected chi connectivity index (χ2v) is 6.54. The number of thiophene rings is 1. The topological polar surface area (TPSA) is 12.0 Å². The minimum atomic E-state index is 0.472. The van der Waals surface area contributed by atoms with Gasteiger partial charge in [0.15, 0.2) is 0 Å². The molecular weight excluding hydrogens is 294 g/mol. The van der Waals surface area contributed by atoms with Crippen molar-refractivity contribution in [1.29, 1.82) is 0 Å². The van der Waals surface area contributed by atoms with E-state index in [1.807, 2.05) is 11.3 Å². The van der Waals surface area contributed by atoms with Crippen molar-refractivity contribution in [3.8, 4) is 0 Å². The first-order valence-corrected chi connectivity index (χ1v) is 8.34. The van der Waals surface area contributed by atoms with Gasteiger partial charge in [0, 0.05) is 26.8 Å². The molecule has 1 N–H and O–H groups in total. The van der Waals surface area contributed by atoms with Crippen LogP contribution in [0.25, 0.3) is 0 Å². The van der Waals surface area contributed by atoms with Crippen molar-refractivity contribution >= 4 is 27.3 Å². The van der Waals surface area contributed by atoms with E-state index in [1.54, 1.807) is 0 Å². The third-order valence-corrected chi connectivity index (χ3v) is 4.92. The molecule has 17 heavy (non-hydrogen) atoms. The zero-order valence-corrected chi connectivity index (χ0v) is 13.5. The van der Waals surface area contributed by atoms with Crippen LogP contribution in [0.5, 0.6) is 0 Å². The monoisotopic (exact) mass is 317 g/mol. The van der Waals surface area contributed by atoms with E-state index >= 15 is 0 Å². The number of hydrogen-bond acceptors (Lipinski definition) is 2. The molecule has 3 heteroatoms. The lowest BCUT2D eigenvalue weighted by Crippen LogP contribution is -2.31. The van der Waals surface area contributed by atoms with Crippen molar-refractivity contribution in [1.82, 2.24) is 5.32 Å². The Labute approximate surface area is 118 Å². The third kappa shape index (κ3) is 5.54. The number of nitrogens with one attached hydrogen (secondary N) is 1. The fourth-order valence-corrected chi connectivity index (χ4v) is 3.56. The van der Waals surface area contributed by atoms with Gasteiger partial charge in [-0.15, -0.1) is 11.3 Å². The highest BCUT2D eigenvalue weighted by Crippen LogP contribution is 2.26. The fourth-order valence-electron chi connectivity index (χ4n) is 2.10. The van der Waals surface area contributed by atoms with Gasteiger partial charge in [-0.05, 0) is 41.8 Å². The van der Waals surface area contributed by atoms with Gasteiger partial charge in [0.05, 0.1) is 0 Å². The summed E-state index contributed by atoms with van der Waals surface area (Å²) in [6, 6.07) is 3.38. The predicted molar refractivity (Wildman–Crippen MR) is 81.8 cm³/mol. The van der Waals surface area contributed by atoms with Crippen LogP contribution < -0.4 is 5.32 Å². The molecule has 0 aliphatic heterocycles. The first-order chi connectivity index (χ1) is 8.17. The molecule has 0 bridgehead atoms. The minimum Gasteiger partial charge on any atom is -0.307 e. The number of hydrogen-bond donors (Lipinski definition) is 1. The first-order valence-electron chi connectivity index (χ1n) is 6.67. The van der Waals surface area contributed by atoms with Gasteiger partial charge in [-0.1, -0.05) is 33.1 Å². The standard InChI is InChI=1S/C14H24BrNS/c1-4-6-8-13(7-5-2)16-11(3)14-9-12(15)10-17-14/h9-11,13,16H,4-8H2,1-3H3. The molecular formula is C14H24BrNS. The normalized spacial score (nSPS) is 14.8. The summed E-state index contributed by atoms with van der Waals surface area (Å²) < 4.78 is 1.20. The lowest BCUT2D eigenvalue weighted by atomic mass is 10.0. The number of rotatable bonds is 8. The minimum absolute atomic E-state index is 0.472. The molecule has 0 aliphatic rings. The summed E-state index contributed by atoms with van der Waals surface area (Å²) in [6.07, 6.45) is 6.49. The molecule has 0 aromatic carbocycles. The van der Waals surface area contributed by atoms with Crippen LogP contribution in [0.1, 0.15) is 63.8 Å². The SMILES string of the molecule is CCCCC(CCC)NC(C)c1cc(Br)cs1. The maximum Gasteiger partial charge on any atom is 0.0388 e. The molecule has 1 aromatic heterocycles. The van der Waals surface area contributed by atoms with Gasteiger partial charge < -0.3 is 5.32 Å². The molecule has 2 unspecified atom stereocenters. The van der Waals surface area contributed by atoms with Gasteiger partial charge in [-0.2, -0.15) is 0 Å². The average molecular weight is 318 g/mol. The van der Waals surface area contributed by atoms with Gasteiger partial charge in [0.2, 0.25) is 0 Å². The van der Waals surface area contributed by atoms with Crippen LogP contribution in [-0.4, -0.2) is 6.04 Å². The molecule has 0 saturated heterocycles. The highest BCUT2D eigenvalue weighted by molar-refractivity contribution is 9.10. The maximum atomic E-state index is 3.77. The van der Waals surface area contributed by atoms with E-state index in [2.05, 4.69) is 53.5 Å². The largest absolute Gasteiger partial charge is 0.307 e. The molecule has 2 atom stereocenters. The molecule has 0 aliphatic carbocycles. The molecule has 0 saturated carbocycles. The zero-order valence-electron chi connectivity index (χ0n) is 11.1. The molecule has 0 fully saturated rings. The molecule has 1 aromatic rings. The van der Waals surface area contributed by atoms with E-state index in [0.717, 1.165) is 0 Å². The third-order valence-electron chi connectivity index (χ3n) is 3.04. The second-order valence-electron chi connectivity index (χ2n) is 4.68. The van der Waals surface area contributed by atoms with Crippen LogP contribution >= 0.6 is 27.3 Å². The smallest absolute Gasteiger partial charge is 0.0388 e. The van der Waals surface area contributed by atoms with Crippen molar-refractivity contribution in [2.75, 3.05) is 0 Å². The summed E-state index contributed by atoms with van der Waals surface area (Å²) >= 11 is 5.35. The predicted octanol–water partition coefficient (Wildman–Crippen LogP) is 5.52. The summed E-state index contributed by atoms with van der Waals surface area (Å²) in [5.41, 5.74) is 0. The van der Waals surface area contributed by atoms with E-state index in [1.165, 1.54) is 41.5 Å². The van der Waals surface area contributed by atoms with Gasteiger partial charge in [-0.3, -0.25) is 0 Å². The molecule has 0 spiro atoms. The van der Waals surface area contributed by atoms with E-state index in [4.69, 9.17) is 0 Å². The van der Waals surface area contributed by atoms with Crippen LogP contribution in [0.15, 0.2) is 15.9 Å². The van der Waals surface area contributed by atoms with Crippen molar-refractivity contribution < 1.29 is 0 Å². The summed E-state index contributed by atoms with van der Waals surface area (Å²) in [4.78, 5) is 1.43. The Bertz CT molecular complexity index is 311. The zero-order chi connectivity index (χ0) is 12.7. The van der Waals surface area contributed by atoms with Crippen molar-refractivity contribution in [2.24, 2.45) is 0 Å².